The van der Waals surface area contributed by atoms with Crippen LogP contribution in [0.25, 0.3) is 0 Å². The van der Waals surface area contributed by atoms with Crippen molar-refractivity contribution in [3.63, 3.8) is 0 Å². The van der Waals surface area contributed by atoms with Crippen molar-refractivity contribution in [2.45, 2.75) is 26.2 Å². The average Bonchev–Trinajstić information content (AvgIpc) is 2.38. The van der Waals surface area contributed by atoms with Gasteiger partial charge in [0, 0.05) is 6.54 Å². The van der Waals surface area contributed by atoms with Crippen molar-refractivity contribution >= 4 is 11.9 Å². The zero-order valence-corrected chi connectivity index (χ0v) is 12.1. The minimum absolute atomic E-state index is 0.106. The van der Waals surface area contributed by atoms with Crippen LogP contribution in [0, 0.1) is 6.92 Å². The average molecular weight is 279 g/mol. The van der Waals surface area contributed by atoms with Gasteiger partial charge in [-0.05, 0) is 31.9 Å². The molecule has 0 aromatic heterocycles. The number of carboxylic acid groups (broad SMARTS) is 1. The second-order valence-corrected chi connectivity index (χ2v) is 5.14. The summed E-state index contributed by atoms with van der Waals surface area (Å²) in [5, 5.41) is 11.2. The maximum atomic E-state index is 12.2. The summed E-state index contributed by atoms with van der Waals surface area (Å²) in [7, 11) is 0. The normalized spacial score (nSPS) is 11.2. The van der Waals surface area contributed by atoms with E-state index in [1.54, 1.807) is 0 Å². The minimum Gasteiger partial charge on any atom is -0.480 e. The topological polar surface area (TPSA) is 75.6 Å². The molecule has 1 rings (SSSR count). The number of benzene rings is 1. The highest BCUT2D eigenvalue weighted by atomic mass is 16.5. The van der Waals surface area contributed by atoms with Crippen LogP contribution in [0.15, 0.2) is 24.3 Å². The number of ether oxygens (including phenoxy) is 1. The molecule has 0 unspecified atom stereocenters. The molecule has 20 heavy (non-hydrogen) atoms. The fourth-order valence-corrected chi connectivity index (χ4v) is 2.01. The number of carbonyl (C=O) groups excluding carboxylic acids is 1. The molecule has 0 heterocycles. The number of carboxylic acids is 1. The lowest BCUT2D eigenvalue weighted by Crippen LogP contribution is -2.41. The lowest BCUT2D eigenvalue weighted by molar-refractivity contribution is -0.142. The standard InChI is InChI=1S/C15H21NO4/c1-11-6-4-5-7-12(11)15(2,3)14(19)16-8-9-20-10-13(17)18/h4-7H,8-10H2,1-3H3,(H,16,19)(H,17,18). The molecule has 1 aromatic rings. The SMILES string of the molecule is Cc1ccccc1C(C)(C)C(=O)NCCOCC(=O)O. The Bertz CT molecular complexity index is 483. The molecule has 5 nitrogen and oxygen atoms in total. The molecule has 0 aliphatic heterocycles. The molecular formula is C15H21NO4. The number of amides is 1. The molecule has 0 bridgehead atoms. The summed E-state index contributed by atoms with van der Waals surface area (Å²) < 4.78 is 4.87. The van der Waals surface area contributed by atoms with E-state index < -0.39 is 11.4 Å². The van der Waals surface area contributed by atoms with Gasteiger partial charge in [-0.3, -0.25) is 4.79 Å². The Balaban J connectivity index is 2.53. The van der Waals surface area contributed by atoms with Gasteiger partial charge in [0.1, 0.15) is 6.61 Å². The molecule has 0 saturated carbocycles. The van der Waals surface area contributed by atoms with Gasteiger partial charge in [0.25, 0.3) is 0 Å². The van der Waals surface area contributed by atoms with Crippen molar-refractivity contribution in [2.24, 2.45) is 0 Å². The Kier molecular flexibility index (Phi) is 5.70. The van der Waals surface area contributed by atoms with Crippen LogP contribution < -0.4 is 5.32 Å². The molecule has 0 aliphatic rings. The highest BCUT2D eigenvalue weighted by Gasteiger charge is 2.30. The highest BCUT2D eigenvalue weighted by Crippen LogP contribution is 2.26. The number of aryl methyl sites for hydroxylation is 1. The van der Waals surface area contributed by atoms with E-state index in [-0.39, 0.29) is 19.1 Å². The van der Waals surface area contributed by atoms with E-state index in [2.05, 4.69) is 5.32 Å². The van der Waals surface area contributed by atoms with Crippen molar-refractivity contribution in [1.29, 1.82) is 0 Å². The van der Waals surface area contributed by atoms with E-state index in [4.69, 9.17) is 9.84 Å². The Morgan fingerprint density at radius 3 is 2.55 bits per heavy atom. The quantitative estimate of drug-likeness (QED) is 0.741. The zero-order valence-electron chi connectivity index (χ0n) is 12.1. The first-order valence-corrected chi connectivity index (χ1v) is 6.49. The summed E-state index contributed by atoms with van der Waals surface area (Å²) in [6.07, 6.45) is 0. The summed E-state index contributed by atoms with van der Waals surface area (Å²) >= 11 is 0. The van der Waals surface area contributed by atoms with Gasteiger partial charge in [-0.1, -0.05) is 24.3 Å². The van der Waals surface area contributed by atoms with Gasteiger partial charge in [0.2, 0.25) is 5.91 Å². The Labute approximate surface area is 118 Å². The molecule has 2 N–H and O–H groups in total. The largest absolute Gasteiger partial charge is 0.480 e. The lowest BCUT2D eigenvalue weighted by atomic mass is 9.81. The number of aliphatic carboxylic acids is 1. The Morgan fingerprint density at radius 1 is 1.30 bits per heavy atom. The van der Waals surface area contributed by atoms with E-state index in [1.807, 2.05) is 45.0 Å². The third-order valence-electron chi connectivity index (χ3n) is 3.14. The van der Waals surface area contributed by atoms with Crippen LogP contribution in [-0.2, 0) is 19.7 Å². The first-order valence-electron chi connectivity index (χ1n) is 6.49. The van der Waals surface area contributed by atoms with Gasteiger partial charge in [-0.15, -0.1) is 0 Å². The minimum atomic E-state index is -1.02. The van der Waals surface area contributed by atoms with Crippen molar-refractivity contribution in [3.05, 3.63) is 35.4 Å². The zero-order chi connectivity index (χ0) is 15.2. The smallest absolute Gasteiger partial charge is 0.329 e. The summed E-state index contributed by atoms with van der Waals surface area (Å²) in [5.41, 5.74) is 1.40. The van der Waals surface area contributed by atoms with Crippen LogP contribution >= 0.6 is 0 Å². The summed E-state index contributed by atoms with van der Waals surface area (Å²) in [4.78, 5) is 22.5. The molecule has 0 spiro atoms. The van der Waals surface area contributed by atoms with Crippen LogP contribution in [0.4, 0.5) is 0 Å². The summed E-state index contributed by atoms with van der Waals surface area (Å²) in [5.74, 6) is -1.12. The molecule has 1 aromatic carbocycles. The third kappa shape index (κ3) is 4.35. The molecule has 5 heteroatoms. The Hall–Kier alpha value is -1.88. The molecule has 0 atom stereocenters. The van der Waals surface area contributed by atoms with E-state index >= 15 is 0 Å². The van der Waals surface area contributed by atoms with Crippen LogP contribution in [-0.4, -0.2) is 36.7 Å². The van der Waals surface area contributed by atoms with E-state index in [0.29, 0.717) is 6.54 Å². The maximum Gasteiger partial charge on any atom is 0.329 e. The predicted octanol–water partition coefficient (Wildman–Crippen LogP) is 1.49. The Morgan fingerprint density at radius 2 is 1.95 bits per heavy atom. The van der Waals surface area contributed by atoms with Crippen LogP contribution in [0.3, 0.4) is 0 Å². The number of hydrogen-bond donors (Lipinski definition) is 2. The molecule has 0 radical (unpaired) electrons. The summed E-state index contributed by atoms with van der Waals surface area (Å²) in [6, 6.07) is 7.76. The van der Waals surface area contributed by atoms with Crippen LogP contribution in [0.2, 0.25) is 0 Å². The van der Waals surface area contributed by atoms with E-state index in [9.17, 15) is 9.59 Å². The molecule has 0 saturated heterocycles. The van der Waals surface area contributed by atoms with Gasteiger partial charge < -0.3 is 15.2 Å². The van der Waals surface area contributed by atoms with Crippen molar-refractivity contribution in [2.75, 3.05) is 19.8 Å². The first kappa shape index (κ1) is 16.2. The predicted molar refractivity (Wildman–Crippen MR) is 75.7 cm³/mol. The van der Waals surface area contributed by atoms with Gasteiger partial charge in [0.15, 0.2) is 0 Å². The van der Waals surface area contributed by atoms with Gasteiger partial charge in [0.05, 0.1) is 12.0 Å². The number of carbonyl (C=O) groups is 2. The number of hydrogen-bond acceptors (Lipinski definition) is 3. The first-order chi connectivity index (χ1) is 9.35. The molecule has 0 aliphatic carbocycles. The maximum absolute atomic E-state index is 12.2. The van der Waals surface area contributed by atoms with E-state index in [1.165, 1.54) is 0 Å². The monoisotopic (exact) mass is 279 g/mol. The van der Waals surface area contributed by atoms with Crippen LogP contribution in [0.1, 0.15) is 25.0 Å². The third-order valence-corrected chi connectivity index (χ3v) is 3.14. The van der Waals surface area contributed by atoms with E-state index in [0.717, 1.165) is 11.1 Å². The number of nitrogens with one attached hydrogen (secondary N) is 1. The summed E-state index contributed by atoms with van der Waals surface area (Å²) in [6.45, 7) is 5.83. The van der Waals surface area contributed by atoms with Gasteiger partial charge in [-0.25, -0.2) is 4.79 Å². The lowest BCUT2D eigenvalue weighted by Gasteiger charge is -2.26. The van der Waals surface area contributed by atoms with Crippen LogP contribution in [0.5, 0.6) is 0 Å². The second-order valence-electron chi connectivity index (χ2n) is 5.14. The molecule has 0 fully saturated rings. The molecule has 1 amide bonds. The van der Waals surface area contributed by atoms with Crippen molar-refractivity contribution in [3.8, 4) is 0 Å². The van der Waals surface area contributed by atoms with Crippen molar-refractivity contribution < 1.29 is 19.4 Å². The van der Waals surface area contributed by atoms with Gasteiger partial charge in [-0.2, -0.15) is 0 Å². The molecule has 110 valence electrons. The fourth-order valence-electron chi connectivity index (χ4n) is 2.01. The molecular weight excluding hydrogens is 258 g/mol. The highest BCUT2D eigenvalue weighted by molar-refractivity contribution is 5.87. The van der Waals surface area contributed by atoms with Gasteiger partial charge >= 0.3 is 5.97 Å². The van der Waals surface area contributed by atoms with Crippen molar-refractivity contribution in [1.82, 2.24) is 5.32 Å². The second kappa shape index (κ2) is 7.05. The fraction of sp³-hybridized carbons (Fsp3) is 0.467. The number of rotatable bonds is 7.